The highest BCUT2D eigenvalue weighted by molar-refractivity contribution is 8.00. The number of nitrogens with zero attached hydrogens (tertiary/aromatic N) is 1. The highest BCUT2D eigenvalue weighted by atomic mass is 32.2. The van der Waals surface area contributed by atoms with Crippen LogP contribution in [0.15, 0.2) is 24.3 Å². The molecule has 0 aliphatic heterocycles. The molecule has 1 aliphatic carbocycles. The van der Waals surface area contributed by atoms with Crippen LogP contribution < -0.4 is 5.32 Å². The Morgan fingerprint density at radius 3 is 2.45 bits per heavy atom. The van der Waals surface area contributed by atoms with Gasteiger partial charge in [-0.1, -0.05) is 25.0 Å². The number of hydrogen-bond acceptors (Lipinski definition) is 4. The van der Waals surface area contributed by atoms with Crippen molar-refractivity contribution < 1.29 is 4.92 Å². The molecule has 1 N–H and O–H groups in total. The van der Waals surface area contributed by atoms with Gasteiger partial charge in [0.1, 0.15) is 0 Å². The second-order valence-corrected chi connectivity index (χ2v) is 6.82. The van der Waals surface area contributed by atoms with Crippen molar-refractivity contribution in [3.05, 3.63) is 39.9 Å². The van der Waals surface area contributed by atoms with E-state index in [-0.39, 0.29) is 16.7 Å². The monoisotopic (exact) mass is 294 g/mol. The Bertz CT molecular complexity index is 455. The van der Waals surface area contributed by atoms with Crippen molar-refractivity contribution in [1.82, 2.24) is 5.32 Å². The van der Waals surface area contributed by atoms with E-state index in [2.05, 4.69) is 18.5 Å². The van der Waals surface area contributed by atoms with Gasteiger partial charge in [-0.15, -0.1) is 0 Å². The van der Waals surface area contributed by atoms with Crippen LogP contribution in [0, 0.1) is 10.1 Å². The van der Waals surface area contributed by atoms with E-state index >= 15 is 0 Å². The summed E-state index contributed by atoms with van der Waals surface area (Å²) in [4.78, 5) is 10.3. The summed E-state index contributed by atoms with van der Waals surface area (Å²) in [7, 11) is 0. The van der Waals surface area contributed by atoms with Crippen LogP contribution in [0.1, 0.15) is 44.2 Å². The lowest BCUT2D eigenvalue weighted by molar-refractivity contribution is -0.384. The van der Waals surface area contributed by atoms with Crippen molar-refractivity contribution in [2.45, 2.75) is 43.4 Å². The van der Waals surface area contributed by atoms with E-state index in [0.717, 1.165) is 12.1 Å². The quantitative estimate of drug-likeness (QED) is 0.638. The molecular formula is C15H22N2O2S. The maximum absolute atomic E-state index is 10.6. The lowest BCUT2D eigenvalue weighted by atomic mass is 10.0. The topological polar surface area (TPSA) is 55.2 Å². The summed E-state index contributed by atoms with van der Waals surface area (Å²) in [6, 6.07) is 7.06. The zero-order valence-electron chi connectivity index (χ0n) is 12.1. The van der Waals surface area contributed by atoms with E-state index in [4.69, 9.17) is 0 Å². The first kappa shape index (κ1) is 15.3. The molecule has 0 radical (unpaired) electrons. The number of rotatable bonds is 6. The number of non-ortho nitro benzene ring substituents is 1. The molecule has 2 rings (SSSR count). The second-order valence-electron chi connectivity index (χ2n) is 5.55. The summed E-state index contributed by atoms with van der Waals surface area (Å²) < 4.78 is 0.384. The average molecular weight is 294 g/mol. The van der Waals surface area contributed by atoms with Crippen LogP contribution >= 0.6 is 11.8 Å². The second kappa shape index (κ2) is 6.59. The van der Waals surface area contributed by atoms with Crippen molar-refractivity contribution in [3.8, 4) is 0 Å². The molecule has 1 saturated carbocycles. The van der Waals surface area contributed by atoms with Gasteiger partial charge in [0.2, 0.25) is 0 Å². The number of nitrogens with one attached hydrogen (secondary N) is 1. The summed E-state index contributed by atoms with van der Waals surface area (Å²) in [6.45, 7) is 3.12. The zero-order valence-corrected chi connectivity index (χ0v) is 12.9. The molecule has 1 aromatic carbocycles. The van der Waals surface area contributed by atoms with E-state index in [1.807, 2.05) is 23.9 Å². The molecule has 1 aromatic rings. The molecule has 1 fully saturated rings. The Labute approximate surface area is 124 Å². The molecule has 1 unspecified atom stereocenters. The Hall–Kier alpha value is -1.07. The van der Waals surface area contributed by atoms with Crippen LogP contribution in [-0.4, -0.2) is 22.5 Å². The standard InChI is InChI=1S/C15H22N2O2S/c1-12(13-5-7-14(8-6-13)17(18)19)16-11-15(20-2)9-3-4-10-15/h5-8,12,16H,3-4,9-11H2,1-2H3. The molecule has 5 heteroatoms. The molecular weight excluding hydrogens is 272 g/mol. The molecule has 0 bridgehead atoms. The van der Waals surface area contributed by atoms with Crippen molar-refractivity contribution in [2.75, 3.05) is 12.8 Å². The Balaban J connectivity index is 1.94. The van der Waals surface area contributed by atoms with Gasteiger partial charge in [0.25, 0.3) is 5.69 Å². The molecule has 0 spiro atoms. The fourth-order valence-corrected chi connectivity index (χ4v) is 3.74. The SMILES string of the molecule is CSC1(CNC(C)c2ccc([N+](=O)[O-])cc2)CCCC1. The van der Waals surface area contributed by atoms with E-state index in [9.17, 15) is 10.1 Å². The molecule has 110 valence electrons. The van der Waals surface area contributed by atoms with Crippen LogP contribution in [0.3, 0.4) is 0 Å². The number of nitro groups is 1. The summed E-state index contributed by atoms with van der Waals surface area (Å²) >= 11 is 1.97. The normalized spacial score (nSPS) is 18.9. The third-order valence-corrected chi connectivity index (χ3v) is 5.70. The predicted octanol–water partition coefficient (Wildman–Crippen LogP) is 3.92. The first-order chi connectivity index (χ1) is 9.56. The van der Waals surface area contributed by atoms with Crippen LogP contribution in [0.4, 0.5) is 5.69 Å². The van der Waals surface area contributed by atoms with Crippen molar-refractivity contribution in [3.63, 3.8) is 0 Å². The first-order valence-corrected chi connectivity index (χ1v) is 8.32. The van der Waals surface area contributed by atoms with Gasteiger partial charge in [0.05, 0.1) is 4.92 Å². The molecule has 0 saturated heterocycles. The van der Waals surface area contributed by atoms with E-state index < -0.39 is 0 Å². The number of thioether (sulfide) groups is 1. The van der Waals surface area contributed by atoms with Gasteiger partial charge in [0.15, 0.2) is 0 Å². The van der Waals surface area contributed by atoms with Crippen LogP contribution in [0.2, 0.25) is 0 Å². The summed E-state index contributed by atoms with van der Waals surface area (Å²) in [5.41, 5.74) is 1.25. The summed E-state index contributed by atoms with van der Waals surface area (Å²) in [5.74, 6) is 0. The Kier molecular flexibility index (Phi) is 5.05. The molecule has 0 amide bonds. The minimum absolute atomic E-state index is 0.150. The maximum Gasteiger partial charge on any atom is 0.269 e. The molecule has 1 aliphatic rings. The van der Waals surface area contributed by atoms with Crippen molar-refractivity contribution in [2.24, 2.45) is 0 Å². The fourth-order valence-electron chi connectivity index (χ4n) is 2.81. The lowest BCUT2D eigenvalue weighted by Gasteiger charge is -2.29. The van der Waals surface area contributed by atoms with Crippen LogP contribution in [0.25, 0.3) is 0 Å². The highest BCUT2D eigenvalue weighted by Gasteiger charge is 2.32. The average Bonchev–Trinajstić information content (AvgIpc) is 2.94. The van der Waals surface area contributed by atoms with Crippen molar-refractivity contribution >= 4 is 17.4 Å². The van der Waals surface area contributed by atoms with Crippen LogP contribution in [-0.2, 0) is 0 Å². The summed E-state index contributed by atoms with van der Waals surface area (Å²) in [5, 5.41) is 14.2. The fraction of sp³-hybridized carbons (Fsp3) is 0.600. The van der Waals surface area contributed by atoms with Gasteiger partial charge in [-0.05, 0) is 31.6 Å². The molecule has 4 nitrogen and oxygen atoms in total. The Morgan fingerprint density at radius 1 is 1.35 bits per heavy atom. The predicted molar refractivity (Wildman–Crippen MR) is 84.2 cm³/mol. The van der Waals surface area contributed by atoms with Gasteiger partial charge in [-0.25, -0.2) is 0 Å². The van der Waals surface area contributed by atoms with Crippen molar-refractivity contribution in [1.29, 1.82) is 0 Å². The van der Waals surface area contributed by atoms with Crippen LogP contribution in [0.5, 0.6) is 0 Å². The zero-order chi connectivity index (χ0) is 14.6. The van der Waals surface area contributed by atoms with Gasteiger partial charge < -0.3 is 5.32 Å². The smallest absolute Gasteiger partial charge is 0.269 e. The molecule has 0 aromatic heterocycles. The third kappa shape index (κ3) is 3.52. The maximum atomic E-state index is 10.6. The van der Waals surface area contributed by atoms with E-state index in [1.54, 1.807) is 12.1 Å². The Morgan fingerprint density at radius 2 is 1.95 bits per heavy atom. The van der Waals surface area contributed by atoms with Gasteiger partial charge in [-0.2, -0.15) is 11.8 Å². The largest absolute Gasteiger partial charge is 0.309 e. The minimum atomic E-state index is -0.358. The third-order valence-electron chi connectivity index (χ3n) is 4.28. The lowest BCUT2D eigenvalue weighted by Crippen LogP contribution is -2.36. The van der Waals surface area contributed by atoms with Gasteiger partial charge >= 0.3 is 0 Å². The number of nitro benzene ring substituents is 1. The van der Waals surface area contributed by atoms with E-state index in [1.165, 1.54) is 25.7 Å². The van der Waals surface area contributed by atoms with Gasteiger partial charge in [0, 0.05) is 29.5 Å². The number of hydrogen-bond donors (Lipinski definition) is 1. The highest BCUT2D eigenvalue weighted by Crippen LogP contribution is 2.40. The number of benzene rings is 1. The molecule has 1 atom stereocenters. The first-order valence-electron chi connectivity index (χ1n) is 7.09. The minimum Gasteiger partial charge on any atom is -0.309 e. The summed E-state index contributed by atoms with van der Waals surface area (Å²) in [6.07, 6.45) is 7.43. The molecule has 0 heterocycles. The van der Waals surface area contributed by atoms with E-state index in [0.29, 0.717) is 4.75 Å². The van der Waals surface area contributed by atoms with Gasteiger partial charge in [-0.3, -0.25) is 10.1 Å². The molecule has 20 heavy (non-hydrogen) atoms.